The van der Waals surface area contributed by atoms with Crippen molar-refractivity contribution in [1.29, 1.82) is 0 Å². The van der Waals surface area contributed by atoms with Gasteiger partial charge in [-0.3, -0.25) is 0 Å². The summed E-state index contributed by atoms with van der Waals surface area (Å²) in [5, 5.41) is 16.7. The van der Waals surface area contributed by atoms with Gasteiger partial charge in [0.15, 0.2) is 0 Å². The van der Waals surface area contributed by atoms with Crippen molar-refractivity contribution in [3.8, 4) is 0 Å². The standard InChI is InChI=1S/C6H13BO2/c1-3-6(2)4-5-7(8)9/h4-6,8-9H,3H2,1-2H3/b5-4+. The van der Waals surface area contributed by atoms with Crippen LogP contribution in [0.2, 0.25) is 0 Å². The third-order valence-corrected chi connectivity index (χ3v) is 1.26. The largest absolute Gasteiger partial charge is 0.480 e. The SMILES string of the molecule is CCC(C)/C=C/B(O)O. The molecule has 0 aliphatic rings. The summed E-state index contributed by atoms with van der Waals surface area (Å²) >= 11 is 0. The van der Waals surface area contributed by atoms with Crippen molar-refractivity contribution >= 4 is 7.12 Å². The van der Waals surface area contributed by atoms with Gasteiger partial charge in [0.1, 0.15) is 0 Å². The fourth-order valence-corrected chi connectivity index (χ4v) is 0.425. The molecule has 9 heavy (non-hydrogen) atoms. The Labute approximate surface area is 56.4 Å². The normalized spacial score (nSPS) is 14.2. The molecule has 2 nitrogen and oxygen atoms in total. The molecule has 0 fully saturated rings. The first-order chi connectivity index (χ1) is 4.16. The highest BCUT2D eigenvalue weighted by molar-refractivity contribution is 6.47. The molecular weight excluding hydrogens is 115 g/mol. The summed E-state index contributed by atoms with van der Waals surface area (Å²) in [6, 6.07) is 0. The average Bonchev–Trinajstić information content (AvgIpc) is 1.83. The van der Waals surface area contributed by atoms with E-state index in [4.69, 9.17) is 10.0 Å². The lowest BCUT2D eigenvalue weighted by Crippen LogP contribution is -2.06. The van der Waals surface area contributed by atoms with Crippen LogP contribution in [0, 0.1) is 5.92 Å². The van der Waals surface area contributed by atoms with Crippen molar-refractivity contribution in [3.05, 3.63) is 12.1 Å². The van der Waals surface area contributed by atoms with E-state index in [0.717, 1.165) is 6.42 Å². The van der Waals surface area contributed by atoms with Crippen LogP contribution in [0.15, 0.2) is 12.1 Å². The van der Waals surface area contributed by atoms with E-state index in [0.29, 0.717) is 5.92 Å². The van der Waals surface area contributed by atoms with Crippen molar-refractivity contribution < 1.29 is 10.0 Å². The summed E-state index contributed by atoms with van der Waals surface area (Å²) in [5.74, 6) is 1.82. The van der Waals surface area contributed by atoms with Crippen LogP contribution in [0.5, 0.6) is 0 Å². The summed E-state index contributed by atoms with van der Waals surface area (Å²) < 4.78 is 0. The molecule has 0 aromatic heterocycles. The molecule has 3 heteroatoms. The van der Waals surface area contributed by atoms with Crippen molar-refractivity contribution in [1.82, 2.24) is 0 Å². The third kappa shape index (κ3) is 5.60. The van der Waals surface area contributed by atoms with Crippen LogP contribution in [0.4, 0.5) is 0 Å². The quantitative estimate of drug-likeness (QED) is 0.546. The van der Waals surface area contributed by atoms with Crippen LogP contribution in [-0.4, -0.2) is 17.2 Å². The van der Waals surface area contributed by atoms with Crippen LogP contribution in [0.25, 0.3) is 0 Å². The fraction of sp³-hybridized carbons (Fsp3) is 0.667. The highest BCUT2D eigenvalue weighted by atomic mass is 16.4. The lowest BCUT2D eigenvalue weighted by atomic mass is 9.89. The van der Waals surface area contributed by atoms with Gasteiger partial charge in [0.05, 0.1) is 0 Å². The lowest BCUT2D eigenvalue weighted by Gasteiger charge is -1.97. The van der Waals surface area contributed by atoms with E-state index in [1.165, 1.54) is 5.98 Å². The second kappa shape index (κ2) is 4.59. The van der Waals surface area contributed by atoms with E-state index in [-0.39, 0.29) is 0 Å². The minimum absolute atomic E-state index is 0.437. The van der Waals surface area contributed by atoms with Crippen LogP contribution in [0.3, 0.4) is 0 Å². The molecule has 0 aromatic rings. The van der Waals surface area contributed by atoms with Gasteiger partial charge in [-0.1, -0.05) is 32.3 Å². The van der Waals surface area contributed by atoms with Crippen LogP contribution in [-0.2, 0) is 0 Å². The first-order valence-electron chi connectivity index (χ1n) is 3.21. The molecule has 1 atom stereocenters. The van der Waals surface area contributed by atoms with Gasteiger partial charge in [0.2, 0.25) is 0 Å². The smallest absolute Gasteiger partial charge is 0.424 e. The van der Waals surface area contributed by atoms with E-state index in [9.17, 15) is 0 Å². The summed E-state index contributed by atoms with van der Waals surface area (Å²) in [4.78, 5) is 0. The molecule has 0 saturated heterocycles. The minimum Gasteiger partial charge on any atom is -0.424 e. The second-order valence-corrected chi connectivity index (χ2v) is 2.18. The molecule has 0 aliphatic carbocycles. The summed E-state index contributed by atoms with van der Waals surface area (Å²) in [6.07, 6.45) is 2.83. The van der Waals surface area contributed by atoms with Gasteiger partial charge in [-0.25, -0.2) is 0 Å². The minimum atomic E-state index is -1.29. The van der Waals surface area contributed by atoms with Gasteiger partial charge in [0, 0.05) is 0 Å². The molecule has 0 saturated carbocycles. The first kappa shape index (κ1) is 8.72. The molecule has 2 N–H and O–H groups in total. The van der Waals surface area contributed by atoms with Crippen molar-refractivity contribution in [3.63, 3.8) is 0 Å². The van der Waals surface area contributed by atoms with E-state index in [1.54, 1.807) is 6.08 Å². The zero-order chi connectivity index (χ0) is 7.28. The summed E-state index contributed by atoms with van der Waals surface area (Å²) in [7, 11) is -1.29. The zero-order valence-corrected chi connectivity index (χ0v) is 5.91. The molecule has 0 aliphatic heterocycles. The topological polar surface area (TPSA) is 40.5 Å². The lowest BCUT2D eigenvalue weighted by molar-refractivity contribution is 0.423. The third-order valence-electron chi connectivity index (χ3n) is 1.26. The molecule has 0 amide bonds. The fourth-order valence-electron chi connectivity index (χ4n) is 0.425. The average molecular weight is 128 g/mol. The van der Waals surface area contributed by atoms with Crippen molar-refractivity contribution in [2.24, 2.45) is 5.92 Å². The van der Waals surface area contributed by atoms with Gasteiger partial charge in [-0.2, -0.15) is 0 Å². The molecule has 52 valence electrons. The molecule has 0 spiro atoms. The Hall–Kier alpha value is -0.275. The first-order valence-corrected chi connectivity index (χ1v) is 3.21. The highest BCUT2D eigenvalue weighted by Gasteiger charge is 1.99. The highest BCUT2D eigenvalue weighted by Crippen LogP contribution is 2.00. The molecule has 0 aromatic carbocycles. The van der Waals surface area contributed by atoms with Crippen LogP contribution in [0.1, 0.15) is 20.3 Å². The summed E-state index contributed by atoms with van der Waals surface area (Å²) in [5.41, 5.74) is 0. The van der Waals surface area contributed by atoms with Crippen molar-refractivity contribution in [2.75, 3.05) is 0 Å². The predicted octanol–water partition coefficient (Wildman–Crippen LogP) is 0.601. The second-order valence-electron chi connectivity index (χ2n) is 2.18. The summed E-state index contributed by atoms with van der Waals surface area (Å²) in [6.45, 7) is 4.08. The Morgan fingerprint density at radius 2 is 2.11 bits per heavy atom. The Bertz CT molecular complexity index is 91.1. The Balaban J connectivity index is 3.43. The maximum Gasteiger partial charge on any atom is 0.480 e. The van der Waals surface area contributed by atoms with E-state index in [1.807, 2.05) is 6.92 Å². The Morgan fingerprint density at radius 1 is 1.56 bits per heavy atom. The number of hydrogen-bond donors (Lipinski definition) is 2. The van der Waals surface area contributed by atoms with E-state index in [2.05, 4.69) is 6.92 Å². The Kier molecular flexibility index (Phi) is 4.45. The zero-order valence-electron chi connectivity index (χ0n) is 5.91. The molecule has 1 unspecified atom stereocenters. The van der Waals surface area contributed by atoms with E-state index < -0.39 is 7.12 Å². The van der Waals surface area contributed by atoms with Crippen molar-refractivity contribution in [2.45, 2.75) is 20.3 Å². The maximum absolute atomic E-state index is 8.37. The molecule has 0 rings (SSSR count). The van der Waals surface area contributed by atoms with Gasteiger partial charge in [-0.15, -0.1) is 0 Å². The van der Waals surface area contributed by atoms with Crippen LogP contribution < -0.4 is 0 Å². The maximum atomic E-state index is 8.37. The van der Waals surface area contributed by atoms with Gasteiger partial charge >= 0.3 is 7.12 Å². The van der Waals surface area contributed by atoms with Crippen LogP contribution >= 0.6 is 0 Å². The molecule has 0 radical (unpaired) electrons. The number of allylic oxidation sites excluding steroid dienone is 1. The predicted molar refractivity (Wildman–Crippen MR) is 38.8 cm³/mol. The molecule has 0 bridgehead atoms. The van der Waals surface area contributed by atoms with Gasteiger partial charge in [0.25, 0.3) is 0 Å². The van der Waals surface area contributed by atoms with Gasteiger partial charge < -0.3 is 10.0 Å². The molecule has 0 heterocycles. The van der Waals surface area contributed by atoms with Gasteiger partial charge in [-0.05, 0) is 5.92 Å². The number of rotatable bonds is 3. The van der Waals surface area contributed by atoms with E-state index >= 15 is 0 Å². The monoisotopic (exact) mass is 128 g/mol. The Morgan fingerprint density at radius 3 is 2.44 bits per heavy atom. The molecular formula is C6H13BO2. The number of hydrogen-bond acceptors (Lipinski definition) is 2.